The van der Waals surface area contributed by atoms with Gasteiger partial charge in [-0.15, -0.1) is 0 Å². The molecule has 3 aromatic rings. The molecule has 6 nitrogen and oxygen atoms in total. The normalized spacial score (nSPS) is 13.8. The first-order chi connectivity index (χ1) is 16.2. The Morgan fingerprint density at radius 1 is 1.00 bits per heavy atom. The summed E-state index contributed by atoms with van der Waals surface area (Å²) in [6, 6.07) is 17.9. The van der Waals surface area contributed by atoms with Crippen LogP contribution < -0.4 is 14.8 Å². The Balaban J connectivity index is 1.35. The lowest BCUT2D eigenvalue weighted by Crippen LogP contribution is -2.28. The van der Waals surface area contributed by atoms with Crippen molar-refractivity contribution in [2.75, 3.05) is 27.3 Å². The minimum atomic E-state index is -0.0921. The highest BCUT2D eigenvalue weighted by Crippen LogP contribution is 2.29. The van der Waals surface area contributed by atoms with E-state index in [2.05, 4.69) is 45.5 Å². The van der Waals surface area contributed by atoms with Gasteiger partial charge in [-0.1, -0.05) is 30.3 Å². The molecule has 170 valence electrons. The monoisotopic (exact) mass is 443 g/mol. The number of benzene rings is 2. The fraction of sp³-hybridized carbons (Fsp3) is 0.259. The molecular weight excluding hydrogens is 414 g/mol. The number of nitrogens with one attached hydrogen (secondary N) is 1. The predicted octanol–water partition coefficient (Wildman–Crippen LogP) is 4.32. The number of nitrogens with zero attached hydrogens (tertiary/aromatic N) is 2. The third kappa shape index (κ3) is 5.79. The van der Waals surface area contributed by atoms with E-state index in [0.717, 1.165) is 43.1 Å². The highest BCUT2D eigenvalue weighted by atomic mass is 16.5. The zero-order valence-electron chi connectivity index (χ0n) is 19.1. The van der Waals surface area contributed by atoms with Gasteiger partial charge in [-0.3, -0.25) is 14.7 Å². The molecule has 33 heavy (non-hydrogen) atoms. The van der Waals surface area contributed by atoms with Gasteiger partial charge < -0.3 is 14.8 Å². The second-order valence-corrected chi connectivity index (χ2v) is 8.02. The van der Waals surface area contributed by atoms with Crippen LogP contribution in [-0.2, 0) is 13.1 Å². The van der Waals surface area contributed by atoms with Gasteiger partial charge in [0.25, 0.3) is 5.91 Å². The molecule has 0 atom stereocenters. The van der Waals surface area contributed by atoms with Crippen molar-refractivity contribution < 1.29 is 14.3 Å². The van der Waals surface area contributed by atoms with Gasteiger partial charge in [0.15, 0.2) is 11.5 Å². The van der Waals surface area contributed by atoms with Crippen LogP contribution in [0.25, 0.3) is 5.57 Å². The molecule has 0 saturated heterocycles. The Morgan fingerprint density at radius 3 is 2.55 bits per heavy atom. The molecule has 1 N–H and O–H groups in total. The van der Waals surface area contributed by atoms with E-state index in [9.17, 15) is 4.79 Å². The Labute approximate surface area is 194 Å². The number of aromatic nitrogens is 1. The maximum atomic E-state index is 12.3. The number of carbonyl (C=O) groups is 1. The van der Waals surface area contributed by atoms with E-state index in [1.54, 1.807) is 38.7 Å². The van der Waals surface area contributed by atoms with E-state index < -0.39 is 0 Å². The van der Waals surface area contributed by atoms with Gasteiger partial charge in [0.2, 0.25) is 0 Å². The molecule has 0 fully saturated rings. The summed E-state index contributed by atoms with van der Waals surface area (Å²) in [6.45, 7) is 3.24. The van der Waals surface area contributed by atoms with Gasteiger partial charge in [-0.05, 0) is 59.0 Å². The van der Waals surface area contributed by atoms with Crippen molar-refractivity contribution >= 4 is 11.5 Å². The van der Waals surface area contributed by atoms with Gasteiger partial charge in [-0.25, -0.2) is 0 Å². The summed E-state index contributed by atoms with van der Waals surface area (Å²) in [5, 5.41) is 2.98. The zero-order valence-corrected chi connectivity index (χ0v) is 19.1. The van der Waals surface area contributed by atoms with E-state index in [4.69, 9.17) is 9.47 Å². The fourth-order valence-corrected chi connectivity index (χ4v) is 4.02. The SMILES string of the molecule is COc1ccc(CN2CC=C(c3cccc(CNC(=O)c4ccncc4)c3)CC2)cc1OC. The van der Waals surface area contributed by atoms with E-state index in [-0.39, 0.29) is 5.91 Å². The van der Waals surface area contributed by atoms with Gasteiger partial charge in [0.05, 0.1) is 14.2 Å². The van der Waals surface area contributed by atoms with E-state index >= 15 is 0 Å². The Morgan fingerprint density at radius 2 is 1.82 bits per heavy atom. The quantitative estimate of drug-likeness (QED) is 0.562. The minimum Gasteiger partial charge on any atom is -0.493 e. The van der Waals surface area contributed by atoms with Crippen molar-refractivity contribution in [1.82, 2.24) is 15.2 Å². The van der Waals surface area contributed by atoms with E-state index in [0.29, 0.717) is 12.1 Å². The average Bonchev–Trinajstić information content (AvgIpc) is 2.88. The van der Waals surface area contributed by atoms with E-state index in [1.165, 1.54) is 16.7 Å². The maximum absolute atomic E-state index is 12.3. The molecule has 2 aromatic carbocycles. The summed E-state index contributed by atoms with van der Waals surface area (Å²) < 4.78 is 10.8. The highest BCUT2D eigenvalue weighted by molar-refractivity contribution is 5.93. The molecule has 1 aromatic heterocycles. The minimum absolute atomic E-state index is 0.0921. The lowest BCUT2D eigenvalue weighted by molar-refractivity contribution is 0.0951. The molecule has 2 heterocycles. The van der Waals surface area contributed by atoms with Crippen molar-refractivity contribution in [1.29, 1.82) is 0 Å². The van der Waals surface area contributed by atoms with Crippen LogP contribution in [0.4, 0.5) is 0 Å². The van der Waals surface area contributed by atoms with Crippen LogP contribution in [0.5, 0.6) is 11.5 Å². The Hall–Kier alpha value is -3.64. The zero-order chi connectivity index (χ0) is 23.0. The first kappa shape index (κ1) is 22.6. The van der Waals surface area contributed by atoms with Gasteiger partial charge in [0, 0.05) is 44.1 Å². The molecule has 0 spiro atoms. The molecule has 0 saturated carbocycles. The number of carbonyl (C=O) groups excluding carboxylic acids is 1. The summed E-state index contributed by atoms with van der Waals surface area (Å²) in [6.07, 6.45) is 6.54. The molecule has 0 unspecified atom stereocenters. The Kier molecular flexibility index (Phi) is 7.37. The van der Waals surface area contributed by atoms with Gasteiger partial charge in [0.1, 0.15) is 0 Å². The molecule has 4 rings (SSSR count). The van der Waals surface area contributed by atoms with Crippen molar-refractivity contribution in [2.45, 2.75) is 19.5 Å². The molecule has 6 heteroatoms. The third-order valence-corrected chi connectivity index (χ3v) is 5.84. The van der Waals surface area contributed by atoms with Gasteiger partial charge in [-0.2, -0.15) is 0 Å². The standard InChI is InChI=1S/C27H29N3O3/c1-32-25-7-6-21(17-26(25)33-2)19-30-14-10-22(11-15-30)24-5-3-4-20(16-24)18-29-27(31)23-8-12-28-13-9-23/h3-10,12-13,16-17H,11,14-15,18-19H2,1-2H3,(H,29,31). The summed E-state index contributed by atoms with van der Waals surface area (Å²) in [5.41, 5.74) is 5.48. The van der Waals surface area contributed by atoms with E-state index in [1.807, 2.05) is 18.2 Å². The number of hydrogen-bond donors (Lipinski definition) is 1. The van der Waals surface area contributed by atoms with Crippen molar-refractivity contribution in [3.63, 3.8) is 0 Å². The second kappa shape index (κ2) is 10.8. The van der Waals surface area contributed by atoms with Crippen molar-refractivity contribution in [3.8, 4) is 11.5 Å². The van der Waals surface area contributed by atoms with Crippen LogP contribution in [0, 0.1) is 0 Å². The summed E-state index contributed by atoms with van der Waals surface area (Å²) >= 11 is 0. The first-order valence-corrected chi connectivity index (χ1v) is 11.1. The van der Waals surface area contributed by atoms with Gasteiger partial charge >= 0.3 is 0 Å². The highest BCUT2D eigenvalue weighted by Gasteiger charge is 2.15. The van der Waals surface area contributed by atoms with Crippen molar-refractivity contribution in [3.05, 3.63) is 95.3 Å². The van der Waals surface area contributed by atoms with Crippen LogP contribution in [-0.4, -0.2) is 43.1 Å². The summed E-state index contributed by atoms with van der Waals surface area (Å²) in [4.78, 5) is 18.7. The number of amides is 1. The number of hydrogen-bond acceptors (Lipinski definition) is 5. The first-order valence-electron chi connectivity index (χ1n) is 11.1. The fourth-order valence-electron chi connectivity index (χ4n) is 4.02. The van der Waals surface area contributed by atoms with Crippen molar-refractivity contribution in [2.24, 2.45) is 0 Å². The Bertz CT molecular complexity index is 1130. The predicted molar refractivity (Wildman–Crippen MR) is 129 cm³/mol. The number of ether oxygens (including phenoxy) is 2. The van der Waals surface area contributed by atoms with Crippen LogP contribution in [0.2, 0.25) is 0 Å². The van der Waals surface area contributed by atoms with Crippen LogP contribution >= 0.6 is 0 Å². The van der Waals surface area contributed by atoms with Crippen LogP contribution in [0.3, 0.4) is 0 Å². The number of rotatable bonds is 8. The maximum Gasteiger partial charge on any atom is 0.251 e. The second-order valence-electron chi connectivity index (χ2n) is 8.02. The summed E-state index contributed by atoms with van der Waals surface area (Å²) in [7, 11) is 3.31. The molecule has 0 aliphatic carbocycles. The van der Waals surface area contributed by atoms with Crippen LogP contribution in [0.15, 0.2) is 73.1 Å². The molecule has 0 bridgehead atoms. The number of methoxy groups -OCH3 is 2. The lowest BCUT2D eigenvalue weighted by Gasteiger charge is -2.27. The molecule has 0 radical (unpaired) electrons. The molecular formula is C27H29N3O3. The average molecular weight is 444 g/mol. The molecule has 1 aliphatic rings. The molecule has 1 aliphatic heterocycles. The topological polar surface area (TPSA) is 63.7 Å². The summed E-state index contributed by atoms with van der Waals surface area (Å²) in [5.74, 6) is 1.42. The van der Waals surface area contributed by atoms with Crippen LogP contribution in [0.1, 0.15) is 33.5 Å². The number of pyridine rings is 1. The molecule has 1 amide bonds. The third-order valence-electron chi connectivity index (χ3n) is 5.84. The largest absolute Gasteiger partial charge is 0.493 e. The lowest BCUT2D eigenvalue weighted by atomic mass is 9.97. The smallest absolute Gasteiger partial charge is 0.251 e.